The number of nitrogens with two attached hydrogens (primary N) is 1. The molecular formula is C10H18Cl3N3. The number of rotatable bonds is 2. The summed E-state index contributed by atoms with van der Waals surface area (Å²) in [5.74, 6) is 1.13. The molecule has 1 fully saturated rings. The van der Waals surface area contributed by atoms with E-state index >= 15 is 0 Å². The second-order valence-electron chi connectivity index (χ2n) is 3.55. The average molecular weight is 287 g/mol. The monoisotopic (exact) mass is 285 g/mol. The summed E-state index contributed by atoms with van der Waals surface area (Å²) in [5.41, 5.74) is 7.01. The molecule has 0 radical (unpaired) electrons. The normalized spacial score (nSPS) is 22.6. The smallest absolute Gasteiger partial charge is 0.0303 e. The zero-order valence-corrected chi connectivity index (χ0v) is 11.3. The Morgan fingerprint density at radius 1 is 1.31 bits per heavy atom. The lowest BCUT2D eigenvalue weighted by atomic mass is 9.90. The maximum atomic E-state index is 5.70. The Morgan fingerprint density at radius 3 is 2.62 bits per heavy atom. The first-order chi connectivity index (χ1) is 6.42. The quantitative estimate of drug-likeness (QED) is 0.868. The van der Waals surface area contributed by atoms with Gasteiger partial charge >= 0.3 is 0 Å². The fraction of sp³-hybridized carbons (Fsp3) is 0.500. The molecule has 1 aromatic rings. The molecule has 3 nitrogen and oxygen atoms in total. The van der Waals surface area contributed by atoms with Crippen molar-refractivity contribution in [3.05, 3.63) is 30.1 Å². The second kappa shape index (κ2) is 9.02. The highest BCUT2D eigenvalue weighted by molar-refractivity contribution is 5.86. The van der Waals surface area contributed by atoms with E-state index in [0.717, 1.165) is 19.6 Å². The van der Waals surface area contributed by atoms with Crippen molar-refractivity contribution in [3.63, 3.8) is 0 Å². The third-order valence-electron chi connectivity index (χ3n) is 2.76. The van der Waals surface area contributed by atoms with E-state index in [1.165, 1.54) is 5.56 Å². The Hall–Kier alpha value is -0.0600. The molecule has 2 unspecified atom stereocenters. The predicted molar refractivity (Wildman–Crippen MR) is 74.1 cm³/mol. The molecule has 1 saturated heterocycles. The van der Waals surface area contributed by atoms with Crippen LogP contribution < -0.4 is 11.1 Å². The summed E-state index contributed by atoms with van der Waals surface area (Å²) < 4.78 is 0. The summed E-state index contributed by atoms with van der Waals surface area (Å²) in [5, 5.41) is 3.36. The van der Waals surface area contributed by atoms with E-state index in [1.54, 1.807) is 0 Å². The second-order valence-corrected chi connectivity index (χ2v) is 3.55. The van der Waals surface area contributed by atoms with Gasteiger partial charge in [-0.05, 0) is 30.6 Å². The molecule has 1 aromatic heterocycles. The van der Waals surface area contributed by atoms with Crippen LogP contribution in [-0.2, 0) is 0 Å². The SMILES string of the molecule is Cl.Cl.Cl.NCC1CNCC1c1cccnc1. The van der Waals surface area contributed by atoms with Gasteiger partial charge in [-0.2, -0.15) is 0 Å². The van der Waals surface area contributed by atoms with Gasteiger partial charge in [0.1, 0.15) is 0 Å². The number of aromatic nitrogens is 1. The van der Waals surface area contributed by atoms with Crippen LogP contribution in [0.5, 0.6) is 0 Å². The Balaban J connectivity index is 0. The Kier molecular flexibility index (Phi) is 10.3. The molecule has 94 valence electrons. The highest BCUT2D eigenvalue weighted by Crippen LogP contribution is 2.26. The van der Waals surface area contributed by atoms with E-state index in [2.05, 4.69) is 16.4 Å². The molecule has 3 N–H and O–H groups in total. The van der Waals surface area contributed by atoms with Gasteiger partial charge in [0.15, 0.2) is 0 Å². The first kappa shape index (κ1) is 18.3. The van der Waals surface area contributed by atoms with Crippen molar-refractivity contribution in [2.75, 3.05) is 19.6 Å². The lowest BCUT2D eigenvalue weighted by Gasteiger charge is -2.15. The first-order valence-corrected chi connectivity index (χ1v) is 4.72. The van der Waals surface area contributed by atoms with Crippen LogP contribution in [0.4, 0.5) is 0 Å². The minimum Gasteiger partial charge on any atom is -0.330 e. The van der Waals surface area contributed by atoms with Gasteiger partial charge in [0, 0.05) is 24.9 Å². The van der Waals surface area contributed by atoms with E-state index in [4.69, 9.17) is 5.73 Å². The van der Waals surface area contributed by atoms with Crippen molar-refractivity contribution >= 4 is 37.2 Å². The molecule has 1 aliphatic heterocycles. The van der Waals surface area contributed by atoms with Gasteiger partial charge in [0.05, 0.1) is 0 Å². The predicted octanol–water partition coefficient (Wildman–Crippen LogP) is 1.61. The zero-order chi connectivity index (χ0) is 9.10. The van der Waals surface area contributed by atoms with Crippen molar-refractivity contribution in [3.8, 4) is 0 Å². The number of pyridine rings is 1. The van der Waals surface area contributed by atoms with Gasteiger partial charge in [0.25, 0.3) is 0 Å². The van der Waals surface area contributed by atoms with Gasteiger partial charge in [-0.3, -0.25) is 4.98 Å². The largest absolute Gasteiger partial charge is 0.330 e. The molecule has 0 aromatic carbocycles. The third kappa shape index (κ3) is 4.07. The molecule has 0 amide bonds. The van der Waals surface area contributed by atoms with E-state index in [-0.39, 0.29) is 37.2 Å². The van der Waals surface area contributed by atoms with E-state index in [0.29, 0.717) is 11.8 Å². The van der Waals surface area contributed by atoms with Crippen molar-refractivity contribution in [1.29, 1.82) is 0 Å². The van der Waals surface area contributed by atoms with Crippen LogP contribution in [0.3, 0.4) is 0 Å². The van der Waals surface area contributed by atoms with Crippen LogP contribution >= 0.6 is 37.2 Å². The third-order valence-corrected chi connectivity index (χ3v) is 2.76. The molecule has 1 aliphatic rings. The maximum Gasteiger partial charge on any atom is 0.0303 e. The fourth-order valence-corrected chi connectivity index (χ4v) is 1.97. The number of hydrogen-bond donors (Lipinski definition) is 2. The Labute approximate surface area is 115 Å². The molecule has 16 heavy (non-hydrogen) atoms. The molecule has 2 atom stereocenters. The van der Waals surface area contributed by atoms with Crippen LogP contribution in [0.25, 0.3) is 0 Å². The first-order valence-electron chi connectivity index (χ1n) is 4.72. The highest BCUT2D eigenvalue weighted by atomic mass is 35.5. The van der Waals surface area contributed by atoms with Crippen molar-refractivity contribution in [1.82, 2.24) is 10.3 Å². The molecule has 2 heterocycles. The molecule has 0 spiro atoms. The van der Waals surface area contributed by atoms with Crippen molar-refractivity contribution in [2.24, 2.45) is 11.7 Å². The maximum absolute atomic E-state index is 5.70. The van der Waals surface area contributed by atoms with Crippen molar-refractivity contribution < 1.29 is 0 Å². The number of nitrogens with one attached hydrogen (secondary N) is 1. The van der Waals surface area contributed by atoms with Gasteiger partial charge in [-0.1, -0.05) is 6.07 Å². The Bertz CT molecular complexity index is 271. The number of nitrogens with zero attached hydrogens (tertiary/aromatic N) is 1. The summed E-state index contributed by atoms with van der Waals surface area (Å²) in [7, 11) is 0. The van der Waals surface area contributed by atoms with Crippen LogP contribution in [0.1, 0.15) is 11.5 Å². The molecule has 6 heteroatoms. The Morgan fingerprint density at radius 2 is 2.06 bits per heavy atom. The average Bonchev–Trinajstić information content (AvgIpc) is 2.67. The molecule has 0 bridgehead atoms. The van der Waals surface area contributed by atoms with Crippen molar-refractivity contribution in [2.45, 2.75) is 5.92 Å². The molecule has 2 rings (SSSR count). The summed E-state index contributed by atoms with van der Waals surface area (Å²) in [6.45, 7) is 2.83. The minimum atomic E-state index is 0. The van der Waals surface area contributed by atoms with Crippen LogP contribution in [-0.4, -0.2) is 24.6 Å². The molecule has 0 aliphatic carbocycles. The number of halogens is 3. The van der Waals surface area contributed by atoms with Crippen LogP contribution in [0.2, 0.25) is 0 Å². The lowest BCUT2D eigenvalue weighted by molar-refractivity contribution is 0.530. The summed E-state index contributed by atoms with van der Waals surface area (Å²) >= 11 is 0. The standard InChI is InChI=1S/C10H15N3.3ClH/c11-4-9-6-13-7-10(9)8-2-1-3-12-5-8;;;/h1-3,5,9-10,13H,4,6-7,11H2;3*1H. The molecular weight excluding hydrogens is 268 g/mol. The summed E-state index contributed by atoms with van der Waals surface area (Å²) in [4.78, 5) is 4.13. The van der Waals surface area contributed by atoms with Gasteiger partial charge in [0.2, 0.25) is 0 Å². The topological polar surface area (TPSA) is 50.9 Å². The highest BCUT2D eigenvalue weighted by Gasteiger charge is 2.26. The van der Waals surface area contributed by atoms with Gasteiger partial charge in [-0.15, -0.1) is 37.2 Å². The van der Waals surface area contributed by atoms with Gasteiger partial charge < -0.3 is 11.1 Å². The number of hydrogen-bond acceptors (Lipinski definition) is 3. The van der Waals surface area contributed by atoms with Crippen LogP contribution in [0, 0.1) is 5.92 Å². The summed E-state index contributed by atoms with van der Waals surface area (Å²) in [6.07, 6.45) is 3.75. The van der Waals surface area contributed by atoms with Crippen LogP contribution in [0.15, 0.2) is 24.5 Å². The van der Waals surface area contributed by atoms with E-state index in [9.17, 15) is 0 Å². The fourth-order valence-electron chi connectivity index (χ4n) is 1.97. The van der Waals surface area contributed by atoms with E-state index < -0.39 is 0 Å². The molecule has 0 saturated carbocycles. The lowest BCUT2D eigenvalue weighted by Crippen LogP contribution is -2.21. The van der Waals surface area contributed by atoms with E-state index in [1.807, 2.05) is 18.5 Å². The summed E-state index contributed by atoms with van der Waals surface area (Å²) in [6, 6.07) is 4.12. The zero-order valence-electron chi connectivity index (χ0n) is 8.83. The van der Waals surface area contributed by atoms with Gasteiger partial charge in [-0.25, -0.2) is 0 Å². The minimum absolute atomic E-state index is 0.